The van der Waals surface area contributed by atoms with Crippen LogP contribution >= 0.6 is 11.6 Å². The summed E-state index contributed by atoms with van der Waals surface area (Å²) in [5.74, 6) is -0.465. The number of nitrogens with one attached hydrogen (secondary N) is 2. The first-order valence-electron chi connectivity index (χ1n) is 9.88. The van der Waals surface area contributed by atoms with Crippen molar-refractivity contribution in [1.82, 2.24) is 5.32 Å². The summed E-state index contributed by atoms with van der Waals surface area (Å²) in [4.78, 5) is 26.8. The number of aliphatic hydroxyl groups is 1. The van der Waals surface area contributed by atoms with Crippen LogP contribution < -0.4 is 10.6 Å². The maximum absolute atomic E-state index is 13.9. The third-order valence-electron chi connectivity index (χ3n) is 6.61. The van der Waals surface area contributed by atoms with Crippen LogP contribution in [0.25, 0.3) is 6.08 Å². The van der Waals surface area contributed by atoms with Crippen molar-refractivity contribution < 1.29 is 19.2 Å². The highest BCUT2D eigenvalue weighted by molar-refractivity contribution is 6.31. The maximum Gasteiger partial charge on any atom is 0.295 e. The van der Waals surface area contributed by atoms with Crippen LogP contribution in [0.5, 0.6) is 0 Å². The average molecular weight is 427 g/mol. The molecule has 2 amide bonds. The molecule has 0 aromatic heterocycles. The molecule has 156 valence electrons. The van der Waals surface area contributed by atoms with Gasteiger partial charge < -0.3 is 15.7 Å². The molecule has 0 aliphatic carbocycles. The molecule has 3 N–H and O–H groups in total. The highest BCUT2D eigenvalue weighted by atomic mass is 35.5. The zero-order valence-corrected chi connectivity index (χ0v) is 17.7. The van der Waals surface area contributed by atoms with E-state index in [4.69, 9.17) is 11.6 Å². The third-order valence-corrected chi connectivity index (χ3v) is 6.84. The summed E-state index contributed by atoms with van der Waals surface area (Å²) >= 11 is 6.37. The summed E-state index contributed by atoms with van der Waals surface area (Å²) in [5.41, 5.74) is 1.58. The number of benzene rings is 2. The van der Waals surface area contributed by atoms with Crippen molar-refractivity contribution in [2.24, 2.45) is 0 Å². The van der Waals surface area contributed by atoms with Gasteiger partial charge in [-0.15, -0.1) is 0 Å². The summed E-state index contributed by atoms with van der Waals surface area (Å²) in [6.45, 7) is 4.17. The van der Waals surface area contributed by atoms with E-state index in [1.54, 1.807) is 31.3 Å². The predicted molar refractivity (Wildman–Crippen MR) is 117 cm³/mol. The van der Waals surface area contributed by atoms with E-state index in [-0.39, 0.29) is 29.3 Å². The zero-order chi connectivity index (χ0) is 21.7. The summed E-state index contributed by atoms with van der Waals surface area (Å²) in [6.07, 6.45) is 1.25. The van der Waals surface area contributed by atoms with Crippen LogP contribution in [0, 0.1) is 0 Å². The molecule has 4 atom stereocenters. The van der Waals surface area contributed by atoms with Crippen LogP contribution in [0.3, 0.4) is 0 Å². The Labute approximate surface area is 180 Å². The molecular weight excluding hydrogens is 402 g/mol. The van der Waals surface area contributed by atoms with Crippen LogP contribution in [0.4, 0.5) is 5.69 Å². The van der Waals surface area contributed by atoms with Crippen molar-refractivity contribution in [2.45, 2.75) is 24.1 Å². The standard InChI is InChI=1S/C23H24ClN3O3/c1-4-14-7-5-6-8-17(14)23(18-11-15(24)9-10-19(18)26-22(23)30)27(3)13-16(28)12-20(27)21(29)25-2/h4-11,16,20,28H,1,12-13H2,2-3H3,(H-,25,26,29,30)/p+1/t16-,20+,23?,27?/m1/s1. The lowest BCUT2D eigenvalue weighted by molar-refractivity contribution is -0.953. The highest BCUT2D eigenvalue weighted by Gasteiger charge is 2.68. The number of halogens is 1. The minimum atomic E-state index is -1.28. The third kappa shape index (κ3) is 2.64. The average Bonchev–Trinajstić information content (AvgIpc) is 3.20. The van der Waals surface area contributed by atoms with Gasteiger partial charge in [0.25, 0.3) is 11.8 Å². The fraction of sp³-hybridized carbons (Fsp3) is 0.304. The minimum Gasteiger partial charge on any atom is -0.387 e. The first-order valence-corrected chi connectivity index (χ1v) is 10.3. The first-order chi connectivity index (χ1) is 14.3. The van der Waals surface area contributed by atoms with Crippen molar-refractivity contribution >= 4 is 35.2 Å². The normalized spacial score (nSPS) is 29.9. The van der Waals surface area contributed by atoms with Crippen LogP contribution in [0.15, 0.2) is 49.0 Å². The molecule has 2 heterocycles. The van der Waals surface area contributed by atoms with Gasteiger partial charge in [-0.25, -0.2) is 0 Å². The van der Waals surface area contributed by atoms with E-state index in [1.165, 1.54) is 0 Å². The van der Waals surface area contributed by atoms with Crippen molar-refractivity contribution in [3.8, 4) is 0 Å². The second-order valence-corrected chi connectivity index (χ2v) is 8.55. The number of likely N-dealkylation sites (tertiary alicyclic amines) is 1. The van der Waals surface area contributed by atoms with Crippen LogP contribution in [-0.2, 0) is 15.1 Å². The Bertz CT molecular complexity index is 1060. The molecule has 0 radical (unpaired) electrons. The van der Waals surface area contributed by atoms with E-state index in [0.717, 1.165) is 11.1 Å². The molecule has 2 aromatic rings. The molecule has 0 spiro atoms. The number of rotatable bonds is 4. The topological polar surface area (TPSA) is 78.4 Å². The fourth-order valence-electron chi connectivity index (χ4n) is 5.35. The van der Waals surface area contributed by atoms with E-state index in [1.807, 2.05) is 31.3 Å². The number of hydrogen-bond donors (Lipinski definition) is 3. The first kappa shape index (κ1) is 20.6. The van der Waals surface area contributed by atoms with Gasteiger partial charge in [-0.1, -0.05) is 48.5 Å². The highest BCUT2D eigenvalue weighted by Crippen LogP contribution is 2.53. The lowest BCUT2D eigenvalue weighted by Gasteiger charge is -2.48. The van der Waals surface area contributed by atoms with Crippen molar-refractivity contribution in [3.63, 3.8) is 0 Å². The zero-order valence-electron chi connectivity index (χ0n) is 17.0. The Hall–Kier alpha value is -2.67. The van der Waals surface area contributed by atoms with Gasteiger partial charge in [0.2, 0.25) is 5.54 Å². The summed E-state index contributed by atoms with van der Waals surface area (Å²) in [7, 11) is 3.44. The SMILES string of the molecule is C=Cc1ccccc1C1([N+]2(C)C[C@H](O)C[C@H]2C(=O)NC)C(=O)Nc2ccc(Cl)cc21. The maximum atomic E-state index is 13.9. The van der Waals surface area contributed by atoms with Crippen molar-refractivity contribution in [2.75, 3.05) is 26.0 Å². The molecule has 30 heavy (non-hydrogen) atoms. The molecule has 1 fully saturated rings. The molecule has 6 nitrogen and oxygen atoms in total. The van der Waals surface area contributed by atoms with Crippen molar-refractivity contribution in [3.05, 3.63) is 70.8 Å². The van der Waals surface area contributed by atoms with Gasteiger partial charge in [0, 0.05) is 24.1 Å². The van der Waals surface area contributed by atoms with Gasteiger partial charge in [-0.3, -0.25) is 14.1 Å². The number of likely N-dealkylation sites (N-methyl/N-ethyl adjacent to an activating group) is 2. The quantitative estimate of drug-likeness (QED) is 0.657. The Balaban J connectivity index is 2.12. The number of fused-ring (bicyclic) bond motifs is 1. The fourth-order valence-corrected chi connectivity index (χ4v) is 5.52. The predicted octanol–water partition coefficient (Wildman–Crippen LogP) is 2.50. The lowest BCUT2D eigenvalue weighted by atomic mass is 9.77. The lowest BCUT2D eigenvalue weighted by Crippen LogP contribution is -2.68. The Kier molecular flexibility index (Phi) is 4.97. The molecule has 7 heteroatoms. The van der Waals surface area contributed by atoms with Gasteiger partial charge in [0.15, 0.2) is 6.04 Å². The molecular formula is C23H25ClN3O3+. The van der Waals surface area contributed by atoms with E-state index in [0.29, 0.717) is 16.3 Å². The molecule has 0 saturated carbocycles. The van der Waals surface area contributed by atoms with Gasteiger partial charge in [0.05, 0.1) is 18.3 Å². The Morgan fingerprint density at radius 3 is 2.77 bits per heavy atom. The van der Waals surface area contributed by atoms with E-state index in [2.05, 4.69) is 17.2 Å². The monoisotopic (exact) mass is 426 g/mol. The smallest absolute Gasteiger partial charge is 0.295 e. The van der Waals surface area contributed by atoms with E-state index in [9.17, 15) is 14.7 Å². The van der Waals surface area contributed by atoms with Crippen molar-refractivity contribution in [1.29, 1.82) is 0 Å². The molecule has 4 rings (SSSR count). The second-order valence-electron chi connectivity index (χ2n) is 8.12. The van der Waals surface area contributed by atoms with E-state index < -0.39 is 17.7 Å². The number of anilines is 1. The number of amides is 2. The molecule has 1 saturated heterocycles. The summed E-state index contributed by atoms with van der Waals surface area (Å²) in [6, 6.07) is 12.2. The molecule has 0 bridgehead atoms. The molecule has 2 unspecified atom stereocenters. The molecule has 2 aliphatic heterocycles. The van der Waals surface area contributed by atoms with Crippen LogP contribution in [-0.4, -0.2) is 54.2 Å². The van der Waals surface area contributed by atoms with E-state index >= 15 is 0 Å². The Morgan fingerprint density at radius 2 is 2.07 bits per heavy atom. The number of carbonyl (C=O) groups excluding carboxylic acids is 2. The molecule has 2 aliphatic rings. The summed E-state index contributed by atoms with van der Waals surface area (Å²) in [5, 5.41) is 16.8. The minimum absolute atomic E-state index is 0.00211. The number of aliphatic hydroxyl groups excluding tert-OH is 1. The number of carbonyl (C=O) groups is 2. The van der Waals surface area contributed by atoms with Crippen LogP contribution in [0.1, 0.15) is 23.1 Å². The second kappa shape index (κ2) is 7.23. The number of hydrogen-bond acceptors (Lipinski definition) is 3. The van der Waals surface area contributed by atoms with Gasteiger partial charge in [0.1, 0.15) is 12.6 Å². The largest absolute Gasteiger partial charge is 0.387 e. The number of nitrogens with zero attached hydrogens (tertiary/aromatic N) is 1. The van der Waals surface area contributed by atoms with Gasteiger partial charge in [-0.2, -0.15) is 0 Å². The Morgan fingerprint density at radius 1 is 1.33 bits per heavy atom. The number of quaternary nitrogens is 1. The molecule has 2 aromatic carbocycles. The van der Waals surface area contributed by atoms with Gasteiger partial charge in [-0.05, 0) is 23.8 Å². The van der Waals surface area contributed by atoms with Gasteiger partial charge >= 0.3 is 0 Å². The summed E-state index contributed by atoms with van der Waals surface area (Å²) < 4.78 is -0.00211. The van der Waals surface area contributed by atoms with Crippen LogP contribution in [0.2, 0.25) is 5.02 Å².